The first kappa shape index (κ1) is 25.2. The van der Waals surface area contributed by atoms with E-state index in [4.69, 9.17) is 4.74 Å². The quantitative estimate of drug-likeness (QED) is 0.520. The van der Waals surface area contributed by atoms with Gasteiger partial charge in [-0.25, -0.2) is 4.98 Å². The van der Waals surface area contributed by atoms with Crippen molar-refractivity contribution in [2.24, 2.45) is 5.92 Å². The first-order valence-electron chi connectivity index (χ1n) is 11.7. The van der Waals surface area contributed by atoms with Crippen molar-refractivity contribution in [1.29, 1.82) is 0 Å². The lowest BCUT2D eigenvalue weighted by Crippen LogP contribution is -2.32. The Hall–Kier alpha value is -2.92. The molecule has 0 spiro atoms. The van der Waals surface area contributed by atoms with E-state index in [1.807, 2.05) is 6.92 Å². The summed E-state index contributed by atoms with van der Waals surface area (Å²) in [5, 5.41) is 19.5. The van der Waals surface area contributed by atoms with E-state index < -0.39 is 18.1 Å². The van der Waals surface area contributed by atoms with Gasteiger partial charge in [-0.15, -0.1) is 0 Å². The number of aryl methyl sites for hydroxylation is 2. The van der Waals surface area contributed by atoms with Crippen LogP contribution in [0.5, 0.6) is 5.88 Å². The number of aromatic nitrogens is 4. The number of ether oxygens (including phenoxy) is 1. The van der Waals surface area contributed by atoms with Crippen molar-refractivity contribution >= 4 is 11.0 Å². The van der Waals surface area contributed by atoms with Gasteiger partial charge in [0.15, 0.2) is 0 Å². The summed E-state index contributed by atoms with van der Waals surface area (Å²) in [5.74, 6) is -0.636. The zero-order chi connectivity index (χ0) is 25.3. The number of fused-ring (bicyclic) bond motifs is 1. The second kappa shape index (κ2) is 9.98. The van der Waals surface area contributed by atoms with Gasteiger partial charge in [-0.2, -0.15) is 18.2 Å². The number of hydrogen-bond acceptors (Lipinski definition) is 6. The molecule has 0 unspecified atom stereocenters. The molecule has 0 bridgehead atoms. The Kier molecular flexibility index (Phi) is 7.18. The maximum absolute atomic E-state index is 13.0. The summed E-state index contributed by atoms with van der Waals surface area (Å²) >= 11 is 0. The van der Waals surface area contributed by atoms with Crippen molar-refractivity contribution in [3.63, 3.8) is 0 Å². The van der Waals surface area contributed by atoms with E-state index in [-0.39, 0.29) is 56.4 Å². The highest BCUT2D eigenvalue weighted by Gasteiger charge is 2.41. The van der Waals surface area contributed by atoms with E-state index in [2.05, 4.69) is 9.97 Å². The fraction of sp³-hybridized carbons (Fsp3) is 0.542. The molecule has 4 rings (SSSR count). The Labute approximate surface area is 200 Å². The fourth-order valence-corrected chi connectivity index (χ4v) is 4.78. The molecule has 3 aromatic rings. The molecule has 0 radical (unpaired) electrons. The minimum Gasteiger partial charge on any atom is -0.474 e. The smallest absolute Gasteiger partial charge is 0.391 e. The van der Waals surface area contributed by atoms with E-state index in [1.54, 1.807) is 34.4 Å². The van der Waals surface area contributed by atoms with Gasteiger partial charge in [0, 0.05) is 30.4 Å². The Bertz CT molecular complexity index is 1240. The van der Waals surface area contributed by atoms with Crippen molar-refractivity contribution in [3.05, 3.63) is 40.6 Å². The molecule has 2 N–H and O–H groups in total. The first-order valence-corrected chi connectivity index (χ1v) is 11.7. The van der Waals surface area contributed by atoms with Crippen LogP contribution in [0.15, 0.2) is 29.2 Å². The largest absolute Gasteiger partial charge is 0.474 e. The number of pyridine rings is 1. The third-order valence-electron chi connectivity index (χ3n) is 6.61. The molecule has 0 aromatic carbocycles. The highest BCUT2D eigenvalue weighted by Crippen LogP contribution is 2.39. The molecule has 1 aliphatic rings. The average Bonchev–Trinajstić information content (AvgIpc) is 3.19. The van der Waals surface area contributed by atoms with Gasteiger partial charge in [0.1, 0.15) is 11.9 Å². The minimum atomic E-state index is -4.19. The maximum Gasteiger partial charge on any atom is 0.391 e. The zero-order valence-corrected chi connectivity index (χ0v) is 19.6. The molecule has 0 aliphatic heterocycles. The molecule has 3 heterocycles. The van der Waals surface area contributed by atoms with Crippen molar-refractivity contribution < 1.29 is 28.1 Å². The van der Waals surface area contributed by atoms with Gasteiger partial charge in [0.2, 0.25) is 5.88 Å². The van der Waals surface area contributed by atoms with Crippen LogP contribution in [0.2, 0.25) is 0 Å². The molecule has 1 fully saturated rings. The molecule has 11 heteroatoms. The summed E-state index contributed by atoms with van der Waals surface area (Å²) in [5.41, 5.74) is 2.12. The van der Waals surface area contributed by atoms with Gasteiger partial charge >= 0.3 is 6.18 Å². The second-order valence-electron chi connectivity index (χ2n) is 8.89. The number of alkyl halides is 3. The maximum atomic E-state index is 13.0. The molecule has 1 aliphatic carbocycles. The van der Waals surface area contributed by atoms with Crippen LogP contribution in [-0.2, 0) is 6.54 Å². The third kappa shape index (κ3) is 5.06. The topological polar surface area (TPSA) is 102 Å². The van der Waals surface area contributed by atoms with Gasteiger partial charge in [-0.05, 0) is 45.6 Å². The molecule has 0 amide bonds. The fourth-order valence-electron chi connectivity index (χ4n) is 4.78. The summed E-state index contributed by atoms with van der Waals surface area (Å²) in [6.07, 6.45) is -2.23. The highest BCUT2D eigenvalue weighted by atomic mass is 19.4. The molecule has 0 atom stereocenters. The number of nitrogens with zero attached hydrogens (tertiary/aromatic N) is 4. The molecule has 1 saturated carbocycles. The van der Waals surface area contributed by atoms with Crippen LogP contribution >= 0.6 is 0 Å². The number of rotatable bonds is 7. The average molecular weight is 495 g/mol. The summed E-state index contributed by atoms with van der Waals surface area (Å²) in [6.45, 7) is 3.32. The van der Waals surface area contributed by atoms with Crippen LogP contribution < -0.4 is 10.3 Å². The van der Waals surface area contributed by atoms with Crippen LogP contribution in [0.3, 0.4) is 0 Å². The van der Waals surface area contributed by atoms with E-state index in [1.165, 1.54) is 6.07 Å². The van der Waals surface area contributed by atoms with Crippen LogP contribution in [0.4, 0.5) is 13.2 Å². The summed E-state index contributed by atoms with van der Waals surface area (Å²) in [6, 6.07) is 4.09. The van der Waals surface area contributed by atoms with E-state index >= 15 is 0 Å². The predicted molar refractivity (Wildman–Crippen MR) is 123 cm³/mol. The first-order chi connectivity index (χ1) is 16.7. The predicted octanol–water partition coefficient (Wildman–Crippen LogP) is 3.61. The van der Waals surface area contributed by atoms with Crippen LogP contribution in [0.1, 0.15) is 44.5 Å². The van der Waals surface area contributed by atoms with Gasteiger partial charge in [0.05, 0.1) is 41.9 Å². The second-order valence-corrected chi connectivity index (χ2v) is 8.89. The molecule has 3 aromatic heterocycles. The summed E-state index contributed by atoms with van der Waals surface area (Å²) < 4.78 is 48.3. The summed E-state index contributed by atoms with van der Waals surface area (Å²) in [4.78, 5) is 21.4. The molecule has 190 valence electrons. The number of halogens is 3. The van der Waals surface area contributed by atoms with Gasteiger partial charge in [0.25, 0.3) is 5.56 Å². The lowest BCUT2D eigenvalue weighted by Gasteiger charge is -2.29. The minimum absolute atomic E-state index is 0.0189. The summed E-state index contributed by atoms with van der Waals surface area (Å²) in [7, 11) is 0. The van der Waals surface area contributed by atoms with Gasteiger partial charge < -0.3 is 24.1 Å². The molecule has 35 heavy (non-hydrogen) atoms. The third-order valence-corrected chi connectivity index (χ3v) is 6.61. The van der Waals surface area contributed by atoms with Crippen molar-refractivity contribution in [2.75, 3.05) is 13.2 Å². The van der Waals surface area contributed by atoms with E-state index in [0.717, 1.165) is 0 Å². The van der Waals surface area contributed by atoms with Crippen molar-refractivity contribution in [3.8, 4) is 17.1 Å². The van der Waals surface area contributed by atoms with Gasteiger partial charge in [-0.1, -0.05) is 0 Å². The Morgan fingerprint density at radius 1 is 1.14 bits per heavy atom. The lowest BCUT2D eigenvalue weighted by molar-refractivity contribution is -0.185. The molecular weight excluding hydrogens is 465 g/mol. The molecular formula is C24H29F3N4O4. The van der Waals surface area contributed by atoms with Crippen LogP contribution in [-0.4, -0.2) is 54.8 Å². The Balaban J connectivity index is 1.73. The van der Waals surface area contributed by atoms with Crippen LogP contribution in [0.25, 0.3) is 22.3 Å². The highest BCUT2D eigenvalue weighted by molar-refractivity contribution is 5.92. The number of aliphatic hydroxyl groups is 2. The number of hydrogen-bond donors (Lipinski definition) is 2. The van der Waals surface area contributed by atoms with E-state index in [0.29, 0.717) is 34.7 Å². The van der Waals surface area contributed by atoms with Crippen LogP contribution in [0, 0.1) is 12.8 Å². The lowest BCUT2D eigenvalue weighted by atomic mass is 9.87. The monoisotopic (exact) mass is 494 g/mol. The SMILES string of the molecule is CCn1c(=O)ccc2c1c(-c1cc(OC3CCC(C(F)(F)F)CC3)nc(C)n1)cn2C(CO)CO. The normalized spacial score (nSPS) is 19.0. The molecule has 8 nitrogen and oxygen atoms in total. The van der Waals surface area contributed by atoms with Crippen molar-refractivity contribution in [1.82, 2.24) is 19.1 Å². The zero-order valence-electron chi connectivity index (χ0n) is 19.6. The van der Waals surface area contributed by atoms with E-state index in [9.17, 15) is 28.2 Å². The van der Waals surface area contributed by atoms with Gasteiger partial charge in [-0.3, -0.25) is 4.79 Å². The number of aliphatic hydroxyl groups excluding tert-OH is 2. The Morgan fingerprint density at radius 3 is 2.43 bits per heavy atom. The Morgan fingerprint density at radius 2 is 1.83 bits per heavy atom. The molecule has 0 saturated heterocycles. The van der Waals surface area contributed by atoms with Crippen molar-refractivity contribution in [2.45, 2.75) is 64.4 Å². The standard InChI is InChI=1S/C24H29F3N4O4/c1-3-30-22(34)9-8-20-23(30)18(11-31(20)16(12-32)13-33)19-10-21(29-14(2)28-19)35-17-6-4-15(5-7-17)24(25,26)27/h8-11,15-17,32-33H,3-7,12-13H2,1-2H3.